The van der Waals surface area contributed by atoms with Crippen molar-refractivity contribution in [2.75, 3.05) is 5.32 Å². The van der Waals surface area contributed by atoms with Gasteiger partial charge in [0, 0.05) is 17.6 Å². The van der Waals surface area contributed by atoms with Crippen molar-refractivity contribution < 1.29 is 4.79 Å². The summed E-state index contributed by atoms with van der Waals surface area (Å²) in [6, 6.07) is 20.4. The van der Waals surface area contributed by atoms with Crippen LogP contribution in [0.5, 0.6) is 0 Å². The number of nitrogens with zero attached hydrogens (tertiary/aromatic N) is 2. The highest BCUT2D eigenvalue weighted by molar-refractivity contribution is 5.90. The van der Waals surface area contributed by atoms with E-state index in [0.717, 1.165) is 28.2 Å². The number of carbonyl (C=O) groups excluding carboxylic acids is 1. The van der Waals surface area contributed by atoms with Crippen LogP contribution in [0, 0.1) is 12.8 Å². The minimum absolute atomic E-state index is 0.00258. The lowest BCUT2D eigenvalue weighted by Crippen LogP contribution is -2.39. The Bertz CT molecular complexity index is 973. The molecule has 2 heterocycles. The summed E-state index contributed by atoms with van der Waals surface area (Å²) in [4.78, 5) is 15.3. The Morgan fingerprint density at radius 2 is 1.89 bits per heavy atom. The molecule has 0 aliphatic carbocycles. The quantitative estimate of drug-likeness (QED) is 0.642. The van der Waals surface area contributed by atoms with E-state index in [1.807, 2.05) is 42.2 Å². The fourth-order valence-electron chi connectivity index (χ4n) is 3.99. The van der Waals surface area contributed by atoms with Crippen LogP contribution < -0.4 is 5.32 Å². The summed E-state index contributed by atoms with van der Waals surface area (Å²) < 4.78 is 2.22. The topological polar surface area (TPSA) is 37.3 Å². The molecule has 0 saturated carbocycles. The van der Waals surface area contributed by atoms with Gasteiger partial charge in [0.05, 0.1) is 18.3 Å². The number of nitrogens with one attached hydrogen (secondary N) is 1. The first-order chi connectivity index (χ1) is 13.0. The third-order valence-electron chi connectivity index (χ3n) is 5.17. The highest BCUT2D eigenvalue weighted by atomic mass is 16.2. The summed E-state index contributed by atoms with van der Waals surface area (Å²) in [7, 11) is 0. The summed E-state index contributed by atoms with van der Waals surface area (Å²) >= 11 is 0. The van der Waals surface area contributed by atoms with Gasteiger partial charge in [-0.1, -0.05) is 44.2 Å². The molecule has 27 heavy (non-hydrogen) atoms. The molecule has 4 rings (SSSR count). The van der Waals surface area contributed by atoms with Crippen LogP contribution in [0.4, 0.5) is 10.5 Å². The summed E-state index contributed by atoms with van der Waals surface area (Å²) in [6.07, 6.45) is 2.09. The second-order valence-electron chi connectivity index (χ2n) is 7.55. The van der Waals surface area contributed by atoms with E-state index in [4.69, 9.17) is 0 Å². The summed E-state index contributed by atoms with van der Waals surface area (Å²) in [5.74, 6) is 0.288. The molecule has 1 aliphatic rings. The van der Waals surface area contributed by atoms with Crippen LogP contribution >= 0.6 is 0 Å². The zero-order chi connectivity index (χ0) is 19.0. The van der Waals surface area contributed by atoms with E-state index in [1.165, 1.54) is 0 Å². The number of aromatic nitrogens is 1. The number of hydrogen-bond acceptors (Lipinski definition) is 1. The Kier molecular flexibility index (Phi) is 4.48. The molecule has 0 fully saturated rings. The second kappa shape index (κ2) is 6.95. The Balaban J connectivity index is 1.76. The molecule has 2 aromatic carbocycles. The molecule has 0 unspecified atom stereocenters. The van der Waals surface area contributed by atoms with E-state index >= 15 is 0 Å². The molecule has 1 atom stereocenters. The maximum absolute atomic E-state index is 13.3. The van der Waals surface area contributed by atoms with Crippen molar-refractivity contribution in [3.63, 3.8) is 0 Å². The lowest BCUT2D eigenvalue weighted by Gasteiger charge is -2.33. The van der Waals surface area contributed by atoms with Gasteiger partial charge in [-0.15, -0.1) is 0 Å². The van der Waals surface area contributed by atoms with Crippen LogP contribution in [-0.4, -0.2) is 15.5 Å². The SMILES string of the molecule is Cc1cccc(NC(=O)N2Cc3ccccc3-n3cccc3[C@@H]2C(C)C)c1. The van der Waals surface area contributed by atoms with Crippen molar-refractivity contribution in [2.24, 2.45) is 5.92 Å². The van der Waals surface area contributed by atoms with Gasteiger partial charge in [-0.05, 0) is 54.3 Å². The van der Waals surface area contributed by atoms with Crippen molar-refractivity contribution >= 4 is 11.7 Å². The zero-order valence-corrected chi connectivity index (χ0v) is 16.0. The van der Waals surface area contributed by atoms with Crippen molar-refractivity contribution in [3.05, 3.63) is 83.7 Å². The van der Waals surface area contributed by atoms with E-state index in [1.54, 1.807) is 0 Å². The maximum Gasteiger partial charge on any atom is 0.322 e. The van der Waals surface area contributed by atoms with Crippen molar-refractivity contribution in [3.8, 4) is 5.69 Å². The molecule has 4 nitrogen and oxygen atoms in total. The molecule has 0 radical (unpaired) electrons. The summed E-state index contributed by atoms with van der Waals surface area (Å²) in [5, 5.41) is 3.10. The van der Waals surface area contributed by atoms with Crippen LogP contribution in [0.3, 0.4) is 0 Å². The Morgan fingerprint density at radius 1 is 1.07 bits per heavy atom. The third kappa shape index (κ3) is 3.23. The second-order valence-corrected chi connectivity index (χ2v) is 7.55. The van der Waals surface area contributed by atoms with Crippen LogP contribution in [0.1, 0.15) is 36.7 Å². The number of para-hydroxylation sites is 1. The maximum atomic E-state index is 13.3. The number of hydrogen-bond donors (Lipinski definition) is 1. The smallest absolute Gasteiger partial charge is 0.318 e. The average molecular weight is 359 g/mol. The molecular formula is C23H25N3O. The van der Waals surface area contributed by atoms with Crippen molar-refractivity contribution in [1.29, 1.82) is 0 Å². The standard InChI is InChI=1S/C23H25N3O/c1-16(2)22-21-12-7-13-25(21)20-11-5-4-9-18(20)15-26(22)23(27)24-19-10-6-8-17(3)14-19/h4-14,16,22H,15H2,1-3H3,(H,24,27)/t22-/m0/s1. The summed E-state index contributed by atoms with van der Waals surface area (Å²) in [6.45, 7) is 6.95. The Hall–Kier alpha value is -3.01. The number of fused-ring (bicyclic) bond motifs is 3. The van der Waals surface area contributed by atoms with Gasteiger partial charge in [0.15, 0.2) is 0 Å². The average Bonchev–Trinajstić information content (AvgIpc) is 3.05. The largest absolute Gasteiger partial charge is 0.322 e. The lowest BCUT2D eigenvalue weighted by molar-refractivity contribution is 0.162. The van der Waals surface area contributed by atoms with Gasteiger partial charge in [0.1, 0.15) is 0 Å². The molecule has 1 aliphatic heterocycles. The Labute approximate surface area is 160 Å². The van der Waals surface area contributed by atoms with Crippen molar-refractivity contribution in [2.45, 2.75) is 33.4 Å². The molecule has 0 spiro atoms. The molecule has 1 N–H and O–H groups in total. The molecule has 138 valence electrons. The van der Waals surface area contributed by atoms with E-state index in [2.05, 4.69) is 60.3 Å². The molecule has 0 saturated heterocycles. The first-order valence-electron chi connectivity index (χ1n) is 9.44. The number of amides is 2. The first kappa shape index (κ1) is 17.4. The highest BCUT2D eigenvalue weighted by Gasteiger charge is 2.33. The van der Waals surface area contributed by atoms with Gasteiger partial charge >= 0.3 is 6.03 Å². The van der Waals surface area contributed by atoms with Crippen LogP contribution in [-0.2, 0) is 6.54 Å². The molecule has 1 aromatic heterocycles. The van der Waals surface area contributed by atoms with Gasteiger partial charge in [-0.25, -0.2) is 4.79 Å². The molecule has 0 bridgehead atoms. The van der Waals surface area contributed by atoms with Gasteiger partial charge in [-0.3, -0.25) is 0 Å². The molecular weight excluding hydrogens is 334 g/mol. The number of aryl methyl sites for hydroxylation is 1. The number of benzene rings is 2. The van der Waals surface area contributed by atoms with Gasteiger partial charge in [-0.2, -0.15) is 0 Å². The fraction of sp³-hybridized carbons (Fsp3) is 0.261. The predicted octanol–water partition coefficient (Wildman–Crippen LogP) is 5.53. The minimum atomic E-state index is -0.0660. The predicted molar refractivity (Wildman–Crippen MR) is 109 cm³/mol. The number of anilines is 1. The van der Waals surface area contributed by atoms with E-state index < -0.39 is 0 Å². The third-order valence-corrected chi connectivity index (χ3v) is 5.17. The first-order valence-corrected chi connectivity index (χ1v) is 9.44. The van der Waals surface area contributed by atoms with E-state index in [-0.39, 0.29) is 18.0 Å². The normalized spacial score (nSPS) is 15.9. The van der Waals surface area contributed by atoms with Gasteiger partial charge in [0.2, 0.25) is 0 Å². The Morgan fingerprint density at radius 3 is 2.67 bits per heavy atom. The summed E-state index contributed by atoms with van der Waals surface area (Å²) in [5.41, 5.74) is 5.40. The van der Waals surface area contributed by atoms with Crippen molar-refractivity contribution in [1.82, 2.24) is 9.47 Å². The highest BCUT2D eigenvalue weighted by Crippen LogP contribution is 2.36. The van der Waals surface area contributed by atoms with E-state index in [0.29, 0.717) is 6.54 Å². The van der Waals surface area contributed by atoms with Crippen LogP contribution in [0.25, 0.3) is 5.69 Å². The van der Waals surface area contributed by atoms with Crippen LogP contribution in [0.15, 0.2) is 66.9 Å². The van der Waals surface area contributed by atoms with E-state index in [9.17, 15) is 4.79 Å². The fourth-order valence-corrected chi connectivity index (χ4v) is 3.99. The monoisotopic (exact) mass is 359 g/mol. The number of carbonyl (C=O) groups is 1. The van der Waals surface area contributed by atoms with Gasteiger partial charge in [0.25, 0.3) is 0 Å². The number of urea groups is 1. The van der Waals surface area contributed by atoms with Crippen LogP contribution in [0.2, 0.25) is 0 Å². The molecule has 3 aromatic rings. The van der Waals surface area contributed by atoms with Gasteiger partial charge < -0.3 is 14.8 Å². The lowest BCUT2D eigenvalue weighted by atomic mass is 9.99. The molecule has 2 amide bonds. The zero-order valence-electron chi connectivity index (χ0n) is 16.0. The minimum Gasteiger partial charge on any atom is -0.318 e. The molecule has 4 heteroatoms. The number of rotatable bonds is 2.